The summed E-state index contributed by atoms with van der Waals surface area (Å²) in [7, 11) is 0. The van der Waals surface area contributed by atoms with Gasteiger partial charge in [-0.15, -0.1) is 0 Å². The second-order valence-corrected chi connectivity index (χ2v) is 4.96. The monoisotopic (exact) mass is 213 g/mol. The molecule has 0 aromatic heterocycles. The molecular weight excluding hydrogens is 198 g/mol. The second-order valence-electron chi connectivity index (χ2n) is 4.55. The van der Waals surface area contributed by atoms with Crippen LogP contribution in [0.5, 0.6) is 5.75 Å². The number of rotatable bonds is 1. The highest BCUT2D eigenvalue weighted by Gasteiger charge is 2.22. The third-order valence-corrected chi connectivity index (χ3v) is 2.57. The standard InChI is InChI=1S/C11H16ClNO/c1-11(2,3)10(13)7-4-5-9(14)8(12)6-7/h4-6,10,14H,13H2,1-3H3/t10-/m0/s1. The fourth-order valence-corrected chi connectivity index (χ4v) is 1.41. The van der Waals surface area contributed by atoms with E-state index in [0.717, 1.165) is 5.56 Å². The number of benzene rings is 1. The average Bonchev–Trinajstić information content (AvgIpc) is 2.07. The van der Waals surface area contributed by atoms with Gasteiger partial charge in [0.1, 0.15) is 5.75 Å². The third kappa shape index (κ3) is 2.40. The Morgan fingerprint density at radius 3 is 2.36 bits per heavy atom. The van der Waals surface area contributed by atoms with Crippen LogP contribution in [-0.4, -0.2) is 5.11 Å². The number of phenols is 1. The van der Waals surface area contributed by atoms with Gasteiger partial charge in [-0.1, -0.05) is 38.4 Å². The minimum absolute atomic E-state index is 0.0136. The summed E-state index contributed by atoms with van der Waals surface area (Å²) in [5.41, 5.74) is 6.98. The summed E-state index contributed by atoms with van der Waals surface area (Å²) in [6, 6.07) is 5.01. The van der Waals surface area contributed by atoms with Crippen LogP contribution in [0.1, 0.15) is 32.4 Å². The van der Waals surface area contributed by atoms with Crippen LogP contribution in [0.3, 0.4) is 0 Å². The summed E-state index contributed by atoms with van der Waals surface area (Å²) in [6.07, 6.45) is 0. The molecule has 0 aliphatic heterocycles. The average molecular weight is 214 g/mol. The number of hydrogen-bond donors (Lipinski definition) is 2. The lowest BCUT2D eigenvalue weighted by Crippen LogP contribution is -2.26. The fraction of sp³-hybridized carbons (Fsp3) is 0.455. The molecule has 1 aromatic rings. The zero-order valence-corrected chi connectivity index (χ0v) is 9.47. The fourth-order valence-electron chi connectivity index (χ4n) is 1.22. The Kier molecular flexibility index (Phi) is 3.07. The van der Waals surface area contributed by atoms with E-state index in [2.05, 4.69) is 20.8 Å². The number of hydrogen-bond acceptors (Lipinski definition) is 2. The molecule has 78 valence electrons. The maximum absolute atomic E-state index is 9.26. The van der Waals surface area contributed by atoms with Gasteiger partial charge in [0.05, 0.1) is 5.02 Å². The first-order chi connectivity index (χ1) is 6.32. The summed E-state index contributed by atoms with van der Waals surface area (Å²) in [6.45, 7) is 6.20. The van der Waals surface area contributed by atoms with E-state index in [1.165, 1.54) is 0 Å². The highest BCUT2D eigenvalue weighted by atomic mass is 35.5. The molecule has 1 rings (SSSR count). The van der Waals surface area contributed by atoms with Gasteiger partial charge in [0.2, 0.25) is 0 Å². The van der Waals surface area contributed by atoms with Crippen LogP contribution in [0.4, 0.5) is 0 Å². The van der Waals surface area contributed by atoms with Crippen molar-refractivity contribution in [2.24, 2.45) is 11.1 Å². The molecule has 0 aliphatic carbocycles. The van der Waals surface area contributed by atoms with Crippen molar-refractivity contribution in [1.82, 2.24) is 0 Å². The van der Waals surface area contributed by atoms with E-state index >= 15 is 0 Å². The smallest absolute Gasteiger partial charge is 0.134 e. The number of phenolic OH excluding ortho intramolecular Hbond substituents is 1. The van der Waals surface area contributed by atoms with Gasteiger partial charge in [0.25, 0.3) is 0 Å². The molecule has 0 spiro atoms. The maximum Gasteiger partial charge on any atom is 0.134 e. The predicted molar refractivity (Wildman–Crippen MR) is 59.5 cm³/mol. The van der Waals surface area contributed by atoms with Gasteiger partial charge in [-0.3, -0.25) is 0 Å². The van der Waals surface area contributed by atoms with Crippen molar-refractivity contribution in [3.05, 3.63) is 28.8 Å². The first kappa shape index (κ1) is 11.3. The summed E-state index contributed by atoms with van der Waals surface area (Å²) in [5.74, 6) is 0.0940. The van der Waals surface area contributed by atoms with Crippen molar-refractivity contribution in [3.8, 4) is 5.75 Å². The Balaban J connectivity index is 3.03. The molecule has 0 radical (unpaired) electrons. The molecule has 0 saturated heterocycles. The van der Waals surface area contributed by atoms with Crippen molar-refractivity contribution in [3.63, 3.8) is 0 Å². The van der Waals surface area contributed by atoms with Gasteiger partial charge in [-0.2, -0.15) is 0 Å². The third-order valence-electron chi connectivity index (χ3n) is 2.26. The first-order valence-corrected chi connectivity index (χ1v) is 4.94. The minimum atomic E-state index is -0.0828. The van der Waals surface area contributed by atoms with E-state index in [1.807, 2.05) is 0 Å². The van der Waals surface area contributed by atoms with E-state index in [1.54, 1.807) is 18.2 Å². The highest BCUT2D eigenvalue weighted by Crippen LogP contribution is 2.33. The number of nitrogens with two attached hydrogens (primary N) is 1. The maximum atomic E-state index is 9.26. The summed E-state index contributed by atoms with van der Waals surface area (Å²) in [5, 5.41) is 9.60. The molecule has 0 aliphatic rings. The van der Waals surface area contributed by atoms with Crippen molar-refractivity contribution in [2.75, 3.05) is 0 Å². The Morgan fingerprint density at radius 1 is 1.36 bits per heavy atom. The van der Waals surface area contributed by atoms with Crippen molar-refractivity contribution < 1.29 is 5.11 Å². The van der Waals surface area contributed by atoms with E-state index < -0.39 is 0 Å². The van der Waals surface area contributed by atoms with Gasteiger partial charge in [-0.25, -0.2) is 0 Å². The molecular formula is C11H16ClNO. The molecule has 1 atom stereocenters. The Hall–Kier alpha value is -0.730. The predicted octanol–water partition coefficient (Wildman–Crippen LogP) is 3.09. The van der Waals surface area contributed by atoms with Crippen LogP contribution in [-0.2, 0) is 0 Å². The van der Waals surface area contributed by atoms with Gasteiger partial charge >= 0.3 is 0 Å². The Morgan fingerprint density at radius 2 is 1.93 bits per heavy atom. The molecule has 3 heteroatoms. The quantitative estimate of drug-likeness (QED) is 0.753. The molecule has 14 heavy (non-hydrogen) atoms. The van der Waals surface area contributed by atoms with E-state index in [9.17, 15) is 5.11 Å². The van der Waals surface area contributed by atoms with Gasteiger partial charge in [0, 0.05) is 6.04 Å². The molecule has 2 nitrogen and oxygen atoms in total. The lowest BCUT2D eigenvalue weighted by molar-refractivity contribution is 0.326. The topological polar surface area (TPSA) is 46.2 Å². The molecule has 3 N–H and O–H groups in total. The minimum Gasteiger partial charge on any atom is -0.506 e. The molecule has 0 heterocycles. The zero-order valence-electron chi connectivity index (χ0n) is 8.71. The largest absolute Gasteiger partial charge is 0.506 e. The number of aromatic hydroxyl groups is 1. The van der Waals surface area contributed by atoms with Gasteiger partial charge < -0.3 is 10.8 Å². The lowest BCUT2D eigenvalue weighted by Gasteiger charge is -2.27. The summed E-state index contributed by atoms with van der Waals surface area (Å²) < 4.78 is 0. The van der Waals surface area contributed by atoms with Crippen LogP contribution in [0.15, 0.2) is 18.2 Å². The molecule has 0 amide bonds. The van der Waals surface area contributed by atoms with Crippen LogP contribution < -0.4 is 5.73 Å². The summed E-state index contributed by atoms with van der Waals surface area (Å²) >= 11 is 5.80. The van der Waals surface area contributed by atoms with Crippen LogP contribution in [0, 0.1) is 5.41 Å². The first-order valence-electron chi connectivity index (χ1n) is 4.56. The lowest BCUT2D eigenvalue weighted by atomic mass is 9.83. The van der Waals surface area contributed by atoms with E-state index in [0.29, 0.717) is 5.02 Å². The van der Waals surface area contributed by atoms with Crippen molar-refractivity contribution >= 4 is 11.6 Å². The molecule has 1 aromatic carbocycles. The number of halogens is 1. The van der Waals surface area contributed by atoms with Crippen LogP contribution in [0.2, 0.25) is 5.02 Å². The van der Waals surface area contributed by atoms with E-state index in [4.69, 9.17) is 17.3 Å². The second kappa shape index (κ2) is 3.79. The molecule has 0 bridgehead atoms. The Bertz CT molecular complexity index is 331. The van der Waals surface area contributed by atoms with Crippen LogP contribution >= 0.6 is 11.6 Å². The zero-order chi connectivity index (χ0) is 10.9. The van der Waals surface area contributed by atoms with Crippen molar-refractivity contribution in [1.29, 1.82) is 0 Å². The molecule has 0 unspecified atom stereocenters. The Labute approximate surface area is 89.7 Å². The van der Waals surface area contributed by atoms with E-state index in [-0.39, 0.29) is 17.2 Å². The normalized spacial score (nSPS) is 14.1. The van der Waals surface area contributed by atoms with Crippen LogP contribution in [0.25, 0.3) is 0 Å². The van der Waals surface area contributed by atoms with Gasteiger partial charge in [0.15, 0.2) is 0 Å². The summed E-state index contributed by atoms with van der Waals surface area (Å²) in [4.78, 5) is 0. The van der Waals surface area contributed by atoms with Gasteiger partial charge in [-0.05, 0) is 23.1 Å². The molecule has 0 fully saturated rings. The highest BCUT2D eigenvalue weighted by molar-refractivity contribution is 6.32. The SMILES string of the molecule is CC(C)(C)[C@@H](N)c1ccc(O)c(Cl)c1. The molecule has 0 saturated carbocycles. The van der Waals surface area contributed by atoms with Crippen molar-refractivity contribution in [2.45, 2.75) is 26.8 Å².